The second-order valence-electron chi connectivity index (χ2n) is 5.18. The Hall–Kier alpha value is -1.65. The molecule has 1 aromatic heterocycles. The van der Waals surface area contributed by atoms with Gasteiger partial charge in [0.25, 0.3) is 5.56 Å². The van der Waals surface area contributed by atoms with Crippen molar-refractivity contribution in [2.45, 2.75) is 32.9 Å². The fourth-order valence-corrected chi connectivity index (χ4v) is 2.11. The summed E-state index contributed by atoms with van der Waals surface area (Å²) in [4.78, 5) is 12.1. The molecule has 0 aliphatic rings. The Morgan fingerprint density at radius 2 is 2.00 bits per heavy atom. The van der Waals surface area contributed by atoms with Crippen LogP contribution >= 0.6 is 11.6 Å². The summed E-state index contributed by atoms with van der Waals surface area (Å²) in [7, 11) is 1.68. The van der Waals surface area contributed by atoms with E-state index in [-0.39, 0.29) is 5.56 Å². The van der Waals surface area contributed by atoms with Crippen LogP contribution in [0.4, 0.5) is 0 Å². The second kappa shape index (κ2) is 6.87. The zero-order valence-electron chi connectivity index (χ0n) is 12.6. The normalized spacial score (nSPS) is 12.4. The first-order valence-electron chi connectivity index (χ1n) is 7.07. The van der Waals surface area contributed by atoms with Crippen LogP contribution in [0.3, 0.4) is 0 Å². The highest BCUT2D eigenvalue weighted by Crippen LogP contribution is 2.19. The summed E-state index contributed by atoms with van der Waals surface area (Å²) in [6.07, 6.45) is 1.02. The van der Waals surface area contributed by atoms with Gasteiger partial charge < -0.3 is 5.32 Å². The largest absolute Gasteiger partial charge is 0.310 e. The second-order valence-corrected chi connectivity index (χ2v) is 5.62. The molecule has 0 saturated carbocycles. The first-order valence-corrected chi connectivity index (χ1v) is 7.45. The van der Waals surface area contributed by atoms with Gasteiger partial charge >= 0.3 is 0 Å². The highest BCUT2D eigenvalue weighted by atomic mass is 35.5. The van der Waals surface area contributed by atoms with Gasteiger partial charge in [-0.15, -0.1) is 0 Å². The Morgan fingerprint density at radius 1 is 1.33 bits per heavy atom. The molecule has 112 valence electrons. The summed E-state index contributed by atoms with van der Waals surface area (Å²) in [5.41, 5.74) is 2.37. The van der Waals surface area contributed by atoms with E-state index < -0.39 is 0 Å². The lowest BCUT2D eigenvalue weighted by atomic mass is 10.1. The van der Waals surface area contributed by atoms with E-state index in [9.17, 15) is 4.79 Å². The van der Waals surface area contributed by atoms with Gasteiger partial charge in [-0.1, -0.05) is 30.7 Å². The van der Waals surface area contributed by atoms with E-state index in [0.717, 1.165) is 23.2 Å². The van der Waals surface area contributed by atoms with Crippen LogP contribution in [0.15, 0.2) is 35.1 Å². The van der Waals surface area contributed by atoms with Crippen molar-refractivity contribution < 1.29 is 0 Å². The quantitative estimate of drug-likeness (QED) is 0.924. The van der Waals surface area contributed by atoms with Crippen molar-refractivity contribution in [3.63, 3.8) is 0 Å². The third-order valence-corrected chi connectivity index (χ3v) is 3.78. The monoisotopic (exact) mass is 305 g/mol. The number of aromatic nitrogens is 2. The maximum Gasteiger partial charge on any atom is 0.271 e. The first-order chi connectivity index (χ1) is 10.0. The molecular weight excluding hydrogens is 286 g/mol. The molecule has 0 fully saturated rings. The standard InChI is InChI=1S/C16H20ClN3O/c1-4-11(2)18-10-13-9-15(19-20(3)16(13)21)12-5-7-14(17)8-6-12/h5-9,11,18H,4,10H2,1-3H3. The van der Waals surface area contributed by atoms with Gasteiger partial charge in [-0.3, -0.25) is 4.79 Å². The smallest absolute Gasteiger partial charge is 0.271 e. The van der Waals surface area contributed by atoms with E-state index in [0.29, 0.717) is 17.6 Å². The van der Waals surface area contributed by atoms with Crippen molar-refractivity contribution in [2.75, 3.05) is 0 Å². The summed E-state index contributed by atoms with van der Waals surface area (Å²) in [6, 6.07) is 9.67. The van der Waals surface area contributed by atoms with Crippen molar-refractivity contribution in [1.82, 2.24) is 15.1 Å². The van der Waals surface area contributed by atoms with Crippen LogP contribution in [-0.2, 0) is 13.6 Å². The molecule has 1 atom stereocenters. The SMILES string of the molecule is CCC(C)NCc1cc(-c2ccc(Cl)cc2)nn(C)c1=O. The average molecular weight is 306 g/mol. The summed E-state index contributed by atoms with van der Waals surface area (Å²) < 4.78 is 1.39. The predicted octanol–water partition coefficient (Wildman–Crippen LogP) is 2.99. The van der Waals surface area contributed by atoms with E-state index in [1.165, 1.54) is 4.68 Å². The van der Waals surface area contributed by atoms with E-state index in [2.05, 4.69) is 24.3 Å². The van der Waals surface area contributed by atoms with Crippen molar-refractivity contribution in [3.8, 4) is 11.3 Å². The zero-order chi connectivity index (χ0) is 15.4. The van der Waals surface area contributed by atoms with Crippen LogP contribution in [0, 0.1) is 0 Å². The molecule has 0 spiro atoms. The van der Waals surface area contributed by atoms with Crippen molar-refractivity contribution in [2.24, 2.45) is 7.05 Å². The Bertz CT molecular complexity index is 664. The van der Waals surface area contributed by atoms with Crippen LogP contribution in [0.1, 0.15) is 25.8 Å². The molecule has 0 aliphatic heterocycles. The fraction of sp³-hybridized carbons (Fsp3) is 0.375. The fourth-order valence-electron chi connectivity index (χ4n) is 1.99. The maximum atomic E-state index is 12.1. The lowest BCUT2D eigenvalue weighted by molar-refractivity contribution is 0.528. The summed E-state index contributed by atoms with van der Waals surface area (Å²) >= 11 is 5.90. The van der Waals surface area contributed by atoms with Crippen molar-refractivity contribution in [1.29, 1.82) is 0 Å². The van der Waals surface area contributed by atoms with Crippen molar-refractivity contribution in [3.05, 3.63) is 51.3 Å². The molecule has 0 saturated heterocycles. The lowest BCUT2D eigenvalue weighted by Crippen LogP contribution is -2.31. The molecule has 5 heteroatoms. The minimum Gasteiger partial charge on any atom is -0.310 e. The molecule has 2 aromatic rings. The topological polar surface area (TPSA) is 46.9 Å². The molecule has 1 N–H and O–H groups in total. The highest BCUT2D eigenvalue weighted by molar-refractivity contribution is 6.30. The third kappa shape index (κ3) is 3.93. The number of halogens is 1. The van der Waals surface area contributed by atoms with E-state index in [1.807, 2.05) is 30.3 Å². The van der Waals surface area contributed by atoms with Gasteiger partial charge in [0.05, 0.1) is 5.69 Å². The van der Waals surface area contributed by atoms with E-state index in [4.69, 9.17) is 11.6 Å². The van der Waals surface area contributed by atoms with E-state index >= 15 is 0 Å². The van der Waals surface area contributed by atoms with Crippen LogP contribution in [-0.4, -0.2) is 15.8 Å². The van der Waals surface area contributed by atoms with Crippen LogP contribution in [0.2, 0.25) is 5.02 Å². The zero-order valence-corrected chi connectivity index (χ0v) is 13.3. The van der Waals surface area contributed by atoms with Gasteiger partial charge in [0.2, 0.25) is 0 Å². The Labute approximate surface area is 129 Å². The number of nitrogens with one attached hydrogen (secondary N) is 1. The first kappa shape index (κ1) is 15.7. The van der Waals surface area contributed by atoms with Crippen molar-refractivity contribution >= 4 is 11.6 Å². The summed E-state index contributed by atoms with van der Waals surface area (Å²) in [5.74, 6) is 0. The summed E-state index contributed by atoms with van der Waals surface area (Å²) in [6.45, 7) is 4.76. The number of aryl methyl sites for hydroxylation is 1. The van der Waals surface area contributed by atoms with Gasteiger partial charge in [-0.2, -0.15) is 5.10 Å². The molecule has 0 radical (unpaired) electrons. The average Bonchev–Trinajstić information content (AvgIpc) is 2.49. The minimum atomic E-state index is -0.0662. The molecule has 2 rings (SSSR count). The molecule has 0 amide bonds. The van der Waals surface area contributed by atoms with Gasteiger partial charge in [-0.05, 0) is 31.5 Å². The predicted molar refractivity (Wildman–Crippen MR) is 86.5 cm³/mol. The van der Waals surface area contributed by atoms with Crippen LogP contribution < -0.4 is 10.9 Å². The molecule has 0 bridgehead atoms. The number of rotatable bonds is 5. The minimum absolute atomic E-state index is 0.0662. The summed E-state index contributed by atoms with van der Waals surface area (Å²) in [5, 5.41) is 8.34. The molecular formula is C16H20ClN3O. The molecule has 1 heterocycles. The Kier molecular flexibility index (Phi) is 5.15. The van der Waals surface area contributed by atoms with Gasteiger partial charge in [0, 0.05) is 35.8 Å². The number of benzene rings is 1. The van der Waals surface area contributed by atoms with Crippen LogP contribution in [0.5, 0.6) is 0 Å². The highest BCUT2D eigenvalue weighted by Gasteiger charge is 2.09. The van der Waals surface area contributed by atoms with Gasteiger partial charge in [0.1, 0.15) is 0 Å². The molecule has 0 aliphatic carbocycles. The molecule has 1 aromatic carbocycles. The Balaban J connectivity index is 2.34. The maximum absolute atomic E-state index is 12.1. The molecule has 1 unspecified atom stereocenters. The van der Waals surface area contributed by atoms with Gasteiger partial charge in [0.15, 0.2) is 0 Å². The number of hydrogen-bond acceptors (Lipinski definition) is 3. The molecule has 4 nitrogen and oxygen atoms in total. The number of hydrogen-bond donors (Lipinski definition) is 1. The van der Waals surface area contributed by atoms with Gasteiger partial charge in [-0.25, -0.2) is 4.68 Å². The lowest BCUT2D eigenvalue weighted by Gasteiger charge is -2.12. The van der Waals surface area contributed by atoms with E-state index in [1.54, 1.807) is 7.05 Å². The third-order valence-electron chi connectivity index (χ3n) is 3.53. The number of nitrogens with zero attached hydrogens (tertiary/aromatic N) is 2. The Morgan fingerprint density at radius 3 is 2.62 bits per heavy atom. The van der Waals surface area contributed by atoms with Crippen LogP contribution in [0.25, 0.3) is 11.3 Å². The molecule has 21 heavy (non-hydrogen) atoms.